The predicted molar refractivity (Wildman–Crippen MR) is 115 cm³/mol. The quantitative estimate of drug-likeness (QED) is 0.820. The molecule has 2 N–H and O–H groups in total. The van der Waals surface area contributed by atoms with E-state index >= 15 is 0 Å². The van der Waals surface area contributed by atoms with E-state index < -0.39 is 0 Å². The summed E-state index contributed by atoms with van der Waals surface area (Å²) in [6, 6.07) is 18.4. The number of piperidine rings is 1. The molecule has 2 heterocycles. The van der Waals surface area contributed by atoms with Crippen molar-refractivity contribution in [2.24, 2.45) is 5.73 Å². The minimum Gasteiger partial charge on any atom is -0.490 e. The average molecular weight is 394 g/mol. The molecule has 154 valence electrons. The maximum absolute atomic E-state index is 12.5. The molecule has 0 aromatic heterocycles. The summed E-state index contributed by atoms with van der Waals surface area (Å²) in [6.45, 7) is 4.65. The molecular weight excluding hydrogens is 362 g/mol. The summed E-state index contributed by atoms with van der Waals surface area (Å²) in [4.78, 5) is 16.9. The third kappa shape index (κ3) is 5.37. The van der Waals surface area contributed by atoms with Gasteiger partial charge in [-0.1, -0.05) is 30.3 Å². The molecule has 2 aromatic rings. The van der Waals surface area contributed by atoms with Crippen molar-refractivity contribution >= 4 is 5.91 Å². The minimum absolute atomic E-state index is 0.0659. The first-order chi connectivity index (χ1) is 14.2. The first-order valence-corrected chi connectivity index (χ1v) is 10.8. The molecule has 29 heavy (non-hydrogen) atoms. The maximum Gasteiger partial charge on any atom is 0.253 e. The fourth-order valence-electron chi connectivity index (χ4n) is 4.21. The maximum atomic E-state index is 12.5. The molecule has 4 rings (SSSR count). The molecule has 2 saturated heterocycles. The molecule has 0 radical (unpaired) electrons. The Balaban J connectivity index is 1.22. The van der Waals surface area contributed by atoms with Crippen molar-refractivity contribution in [1.82, 2.24) is 9.80 Å². The van der Waals surface area contributed by atoms with E-state index in [1.807, 2.05) is 29.2 Å². The van der Waals surface area contributed by atoms with Crippen molar-refractivity contribution in [2.45, 2.75) is 37.8 Å². The van der Waals surface area contributed by atoms with Crippen LogP contribution in [0.15, 0.2) is 54.6 Å². The van der Waals surface area contributed by atoms with E-state index in [1.54, 1.807) is 0 Å². The number of rotatable bonds is 6. The molecule has 5 nitrogen and oxygen atoms in total. The van der Waals surface area contributed by atoms with Gasteiger partial charge in [0.2, 0.25) is 0 Å². The Morgan fingerprint density at radius 2 is 1.69 bits per heavy atom. The summed E-state index contributed by atoms with van der Waals surface area (Å²) in [5.74, 6) is 0.915. The van der Waals surface area contributed by atoms with Crippen LogP contribution >= 0.6 is 0 Å². The van der Waals surface area contributed by atoms with Gasteiger partial charge >= 0.3 is 0 Å². The van der Waals surface area contributed by atoms with Crippen LogP contribution in [0.25, 0.3) is 0 Å². The highest BCUT2D eigenvalue weighted by Gasteiger charge is 2.25. The molecule has 0 saturated carbocycles. The van der Waals surface area contributed by atoms with Gasteiger partial charge in [0.25, 0.3) is 5.91 Å². The van der Waals surface area contributed by atoms with Gasteiger partial charge in [-0.15, -0.1) is 0 Å². The van der Waals surface area contributed by atoms with E-state index in [4.69, 9.17) is 10.5 Å². The standard InChI is InChI=1S/C24H31N3O2/c25-21-11-17-27(18-21)24(28)20-6-8-22(9-7-20)29-23-12-15-26(16-13-23)14-10-19-4-2-1-3-5-19/h1-9,21,23H,10-18,25H2/t21-/m1/s1. The lowest BCUT2D eigenvalue weighted by Crippen LogP contribution is -2.39. The Kier molecular flexibility index (Phi) is 6.47. The molecular formula is C24H31N3O2. The fraction of sp³-hybridized carbons (Fsp3) is 0.458. The molecule has 2 aliphatic heterocycles. The van der Waals surface area contributed by atoms with Gasteiger partial charge in [0.15, 0.2) is 0 Å². The third-order valence-electron chi connectivity index (χ3n) is 6.01. The Bertz CT molecular complexity index is 786. The van der Waals surface area contributed by atoms with Gasteiger partial charge < -0.3 is 20.3 Å². The molecule has 0 bridgehead atoms. The Morgan fingerprint density at radius 3 is 2.34 bits per heavy atom. The number of benzene rings is 2. The SMILES string of the molecule is N[C@@H]1CCN(C(=O)c2ccc(OC3CCN(CCc4ccccc4)CC3)cc2)C1. The summed E-state index contributed by atoms with van der Waals surface area (Å²) in [5.41, 5.74) is 8.02. The molecule has 2 aromatic carbocycles. The smallest absolute Gasteiger partial charge is 0.253 e. The number of carbonyl (C=O) groups excluding carboxylic acids is 1. The van der Waals surface area contributed by atoms with Crippen LogP contribution in [-0.4, -0.2) is 60.6 Å². The van der Waals surface area contributed by atoms with Crippen LogP contribution in [0.4, 0.5) is 0 Å². The number of carbonyl (C=O) groups is 1. The third-order valence-corrected chi connectivity index (χ3v) is 6.01. The number of amides is 1. The zero-order valence-corrected chi connectivity index (χ0v) is 17.0. The average Bonchev–Trinajstić information content (AvgIpc) is 3.20. The fourth-order valence-corrected chi connectivity index (χ4v) is 4.21. The highest BCUT2D eigenvalue weighted by atomic mass is 16.5. The first-order valence-electron chi connectivity index (χ1n) is 10.8. The van der Waals surface area contributed by atoms with Crippen molar-refractivity contribution in [1.29, 1.82) is 0 Å². The Morgan fingerprint density at radius 1 is 0.966 bits per heavy atom. The van der Waals surface area contributed by atoms with E-state index in [-0.39, 0.29) is 18.1 Å². The van der Waals surface area contributed by atoms with E-state index in [2.05, 4.69) is 35.2 Å². The van der Waals surface area contributed by atoms with Gasteiger partial charge in [-0.2, -0.15) is 0 Å². The number of nitrogens with two attached hydrogens (primary N) is 1. The molecule has 1 amide bonds. The van der Waals surface area contributed by atoms with E-state index in [9.17, 15) is 4.79 Å². The molecule has 2 fully saturated rings. The largest absolute Gasteiger partial charge is 0.490 e. The Hall–Kier alpha value is -2.37. The summed E-state index contributed by atoms with van der Waals surface area (Å²) >= 11 is 0. The van der Waals surface area contributed by atoms with Gasteiger partial charge in [0.1, 0.15) is 11.9 Å². The number of ether oxygens (including phenoxy) is 1. The molecule has 5 heteroatoms. The second-order valence-corrected chi connectivity index (χ2v) is 8.22. The van der Waals surface area contributed by atoms with Crippen LogP contribution in [0.2, 0.25) is 0 Å². The van der Waals surface area contributed by atoms with Crippen molar-refractivity contribution in [2.75, 3.05) is 32.7 Å². The van der Waals surface area contributed by atoms with Gasteiger partial charge in [-0.3, -0.25) is 4.79 Å². The second kappa shape index (κ2) is 9.42. The summed E-state index contributed by atoms with van der Waals surface area (Å²) < 4.78 is 6.17. The highest BCUT2D eigenvalue weighted by Crippen LogP contribution is 2.21. The normalized spacial score (nSPS) is 20.7. The summed E-state index contributed by atoms with van der Waals surface area (Å²) in [5, 5.41) is 0. The van der Waals surface area contributed by atoms with Crippen LogP contribution < -0.4 is 10.5 Å². The van der Waals surface area contributed by atoms with Crippen molar-refractivity contribution < 1.29 is 9.53 Å². The van der Waals surface area contributed by atoms with Crippen LogP contribution in [0.1, 0.15) is 35.2 Å². The van der Waals surface area contributed by atoms with E-state index in [0.717, 1.165) is 57.6 Å². The van der Waals surface area contributed by atoms with Crippen LogP contribution in [0, 0.1) is 0 Å². The zero-order valence-electron chi connectivity index (χ0n) is 17.0. The van der Waals surface area contributed by atoms with Gasteiger partial charge in [0.05, 0.1) is 0 Å². The highest BCUT2D eigenvalue weighted by molar-refractivity contribution is 5.94. The first kappa shape index (κ1) is 19.9. The van der Waals surface area contributed by atoms with Crippen molar-refractivity contribution in [3.63, 3.8) is 0 Å². The summed E-state index contributed by atoms with van der Waals surface area (Å²) in [6.07, 6.45) is 4.32. The molecule has 2 aliphatic rings. The number of likely N-dealkylation sites (tertiary alicyclic amines) is 2. The summed E-state index contributed by atoms with van der Waals surface area (Å²) in [7, 11) is 0. The minimum atomic E-state index is 0.0659. The zero-order chi connectivity index (χ0) is 20.1. The monoisotopic (exact) mass is 393 g/mol. The lowest BCUT2D eigenvalue weighted by atomic mass is 10.1. The number of nitrogens with zero attached hydrogens (tertiary/aromatic N) is 2. The lowest BCUT2D eigenvalue weighted by Gasteiger charge is -2.32. The van der Waals surface area contributed by atoms with Gasteiger partial charge in [0, 0.05) is 44.3 Å². The van der Waals surface area contributed by atoms with Crippen LogP contribution in [0.3, 0.4) is 0 Å². The second-order valence-electron chi connectivity index (χ2n) is 8.22. The van der Waals surface area contributed by atoms with Crippen LogP contribution in [0.5, 0.6) is 5.75 Å². The lowest BCUT2D eigenvalue weighted by molar-refractivity contribution is 0.0790. The predicted octanol–water partition coefficient (Wildman–Crippen LogP) is 2.95. The van der Waals surface area contributed by atoms with Crippen molar-refractivity contribution in [3.8, 4) is 5.75 Å². The van der Waals surface area contributed by atoms with Crippen molar-refractivity contribution in [3.05, 3.63) is 65.7 Å². The van der Waals surface area contributed by atoms with Gasteiger partial charge in [-0.25, -0.2) is 0 Å². The van der Waals surface area contributed by atoms with E-state index in [0.29, 0.717) is 12.1 Å². The van der Waals surface area contributed by atoms with E-state index in [1.165, 1.54) is 5.56 Å². The number of hydrogen-bond donors (Lipinski definition) is 1. The molecule has 0 unspecified atom stereocenters. The topological polar surface area (TPSA) is 58.8 Å². The molecule has 1 atom stereocenters. The van der Waals surface area contributed by atoms with Crippen LogP contribution in [-0.2, 0) is 6.42 Å². The molecule has 0 aliphatic carbocycles. The van der Waals surface area contributed by atoms with Gasteiger partial charge in [-0.05, 0) is 55.5 Å². The Labute approximate surface area is 173 Å². The number of hydrogen-bond acceptors (Lipinski definition) is 4. The molecule has 0 spiro atoms.